The van der Waals surface area contributed by atoms with Gasteiger partial charge in [-0.05, 0) is 47.5 Å². The lowest BCUT2D eigenvalue weighted by molar-refractivity contribution is -0.121. The monoisotopic (exact) mass is 383 g/mol. The summed E-state index contributed by atoms with van der Waals surface area (Å²) in [6.45, 7) is 0. The molecule has 0 unspecified atom stereocenters. The number of phenolic OH excluding ortho intramolecular Hbond substituents is 1. The van der Waals surface area contributed by atoms with Gasteiger partial charge in [-0.25, -0.2) is 0 Å². The van der Waals surface area contributed by atoms with Crippen LogP contribution in [0.15, 0.2) is 48.6 Å². The van der Waals surface area contributed by atoms with Crippen LogP contribution in [-0.2, 0) is 9.59 Å². The first-order valence-electron chi connectivity index (χ1n) is 8.89. The fourth-order valence-electron chi connectivity index (χ4n) is 2.36. The van der Waals surface area contributed by atoms with Crippen molar-refractivity contribution < 1.29 is 30.3 Å². The predicted molar refractivity (Wildman–Crippen MR) is 107 cm³/mol. The van der Waals surface area contributed by atoms with Crippen LogP contribution < -0.4 is 14.2 Å². The van der Waals surface area contributed by atoms with Crippen LogP contribution in [0.1, 0.15) is 18.9 Å². The van der Waals surface area contributed by atoms with Gasteiger partial charge in [-0.3, -0.25) is 9.59 Å². The Morgan fingerprint density at radius 2 is 1.50 bits per heavy atom. The highest BCUT2D eigenvalue weighted by Gasteiger charge is 2.06. The minimum absolute atomic E-state index is 0.00516. The number of ketones is 2. The standard InChI is InChI=1S/C22H22O6/c1-26-20-11-7-16(13-22(20)28-3)5-9-18(24)14-17(23)8-4-15-6-10-19(25)21(12-15)27-2/h4-13,25H,14H2,1-3H3/b8-4+,9-5+/i5D. The Balaban J connectivity index is 2.04. The molecular weight excluding hydrogens is 360 g/mol. The molecule has 0 heterocycles. The second kappa shape index (κ2) is 9.97. The highest BCUT2D eigenvalue weighted by atomic mass is 16.5. The number of allylic oxidation sites excluding steroid dienone is 2. The average Bonchev–Trinajstić information content (AvgIpc) is 2.72. The summed E-state index contributed by atoms with van der Waals surface area (Å²) in [4.78, 5) is 24.1. The number of aromatic hydroxyl groups is 1. The van der Waals surface area contributed by atoms with E-state index in [2.05, 4.69) is 0 Å². The van der Waals surface area contributed by atoms with E-state index >= 15 is 0 Å². The molecule has 6 heteroatoms. The Morgan fingerprint density at radius 1 is 0.893 bits per heavy atom. The van der Waals surface area contributed by atoms with Crippen molar-refractivity contribution in [2.75, 3.05) is 21.3 Å². The molecule has 2 rings (SSSR count). The first-order valence-corrected chi connectivity index (χ1v) is 8.39. The van der Waals surface area contributed by atoms with Crippen LogP contribution in [0.5, 0.6) is 23.0 Å². The SMILES string of the molecule is [2H]/C(=C\C(=O)CC(=O)/C=C/c1ccc(O)c(OC)c1)c1ccc(OC)c(OC)c1. The van der Waals surface area contributed by atoms with E-state index in [1.54, 1.807) is 30.3 Å². The van der Waals surface area contributed by atoms with Gasteiger partial charge in [-0.15, -0.1) is 0 Å². The Hall–Kier alpha value is -3.54. The molecule has 0 spiro atoms. The van der Waals surface area contributed by atoms with E-state index in [0.717, 1.165) is 6.08 Å². The van der Waals surface area contributed by atoms with Crippen LogP contribution in [0.3, 0.4) is 0 Å². The van der Waals surface area contributed by atoms with Crippen LogP contribution in [0.2, 0.25) is 0 Å². The van der Waals surface area contributed by atoms with Crippen LogP contribution in [0.4, 0.5) is 0 Å². The summed E-state index contributed by atoms with van der Waals surface area (Å²) in [7, 11) is 4.41. The van der Waals surface area contributed by atoms with Gasteiger partial charge in [0.15, 0.2) is 34.6 Å². The topological polar surface area (TPSA) is 82.1 Å². The molecule has 0 amide bonds. The highest BCUT2D eigenvalue weighted by Crippen LogP contribution is 2.28. The van der Waals surface area contributed by atoms with E-state index in [1.165, 1.54) is 39.5 Å². The van der Waals surface area contributed by atoms with Crippen molar-refractivity contribution in [1.29, 1.82) is 0 Å². The van der Waals surface area contributed by atoms with Crippen LogP contribution in [0.25, 0.3) is 12.1 Å². The van der Waals surface area contributed by atoms with Gasteiger partial charge in [0.25, 0.3) is 0 Å². The minimum atomic E-state index is -0.484. The molecule has 1 N–H and O–H groups in total. The van der Waals surface area contributed by atoms with Crippen molar-refractivity contribution in [2.24, 2.45) is 0 Å². The van der Waals surface area contributed by atoms with Gasteiger partial charge in [0, 0.05) is 0 Å². The molecule has 146 valence electrons. The Morgan fingerprint density at radius 3 is 2.18 bits per heavy atom. The second-order valence-electron chi connectivity index (χ2n) is 5.73. The Labute approximate surface area is 165 Å². The lowest BCUT2D eigenvalue weighted by Crippen LogP contribution is -2.01. The smallest absolute Gasteiger partial charge is 0.163 e. The summed E-state index contributed by atoms with van der Waals surface area (Å²) in [6.07, 6.45) is 3.55. The second-order valence-corrected chi connectivity index (χ2v) is 5.73. The summed E-state index contributed by atoms with van der Waals surface area (Å²) in [5.41, 5.74) is 1.11. The van der Waals surface area contributed by atoms with Crippen LogP contribution >= 0.6 is 0 Å². The van der Waals surface area contributed by atoms with Crippen LogP contribution in [0, 0.1) is 0 Å². The third-order valence-corrected chi connectivity index (χ3v) is 3.80. The predicted octanol–water partition coefficient (Wildman–Crippen LogP) is 3.67. The van der Waals surface area contributed by atoms with Crippen molar-refractivity contribution in [2.45, 2.75) is 6.42 Å². The fourth-order valence-corrected chi connectivity index (χ4v) is 2.36. The maximum Gasteiger partial charge on any atom is 0.163 e. The van der Waals surface area contributed by atoms with Gasteiger partial charge in [0.1, 0.15) is 0 Å². The van der Waals surface area contributed by atoms with E-state index in [4.69, 9.17) is 15.6 Å². The number of hydrogen-bond donors (Lipinski definition) is 1. The minimum Gasteiger partial charge on any atom is -0.504 e. The van der Waals surface area contributed by atoms with Gasteiger partial charge in [-0.2, -0.15) is 0 Å². The molecule has 0 saturated heterocycles. The third-order valence-electron chi connectivity index (χ3n) is 3.80. The van der Waals surface area contributed by atoms with Crippen LogP contribution in [-0.4, -0.2) is 38.0 Å². The first kappa shape index (κ1) is 19.2. The van der Waals surface area contributed by atoms with E-state index in [1.807, 2.05) is 0 Å². The van der Waals surface area contributed by atoms with E-state index < -0.39 is 11.6 Å². The molecule has 0 atom stereocenters. The summed E-state index contributed by atoms with van der Waals surface area (Å²) >= 11 is 0. The number of phenols is 1. The molecule has 0 aliphatic heterocycles. The van der Waals surface area contributed by atoms with Crippen molar-refractivity contribution in [3.8, 4) is 23.0 Å². The normalized spacial score (nSPS) is 11.8. The maximum absolute atomic E-state index is 12.1. The Bertz CT molecular complexity index is 962. The zero-order chi connectivity index (χ0) is 21.4. The number of hydrogen-bond acceptors (Lipinski definition) is 6. The maximum atomic E-state index is 12.1. The van der Waals surface area contributed by atoms with Crippen molar-refractivity contribution in [3.05, 3.63) is 59.7 Å². The zero-order valence-corrected chi connectivity index (χ0v) is 15.9. The molecule has 6 nitrogen and oxygen atoms in total. The number of ether oxygens (including phenoxy) is 3. The molecule has 0 bridgehead atoms. The van der Waals surface area contributed by atoms with Gasteiger partial charge in [0.05, 0.1) is 29.1 Å². The Kier molecular flexibility index (Phi) is 6.84. The first-order chi connectivity index (χ1) is 13.9. The summed E-state index contributed by atoms with van der Waals surface area (Å²) in [5, 5.41) is 9.57. The molecule has 0 saturated carbocycles. The molecule has 0 aliphatic carbocycles. The van der Waals surface area contributed by atoms with E-state index in [0.29, 0.717) is 22.6 Å². The van der Waals surface area contributed by atoms with E-state index in [9.17, 15) is 14.7 Å². The molecule has 0 radical (unpaired) electrons. The van der Waals surface area contributed by atoms with E-state index in [-0.39, 0.29) is 24.0 Å². The average molecular weight is 383 g/mol. The molecule has 2 aromatic carbocycles. The van der Waals surface area contributed by atoms with Crippen molar-refractivity contribution in [3.63, 3.8) is 0 Å². The van der Waals surface area contributed by atoms with Gasteiger partial charge in [-0.1, -0.05) is 24.3 Å². The number of methoxy groups -OCH3 is 3. The summed E-state index contributed by atoms with van der Waals surface area (Å²) in [6, 6.07) is 9.46. The van der Waals surface area contributed by atoms with Gasteiger partial charge in [0.2, 0.25) is 0 Å². The number of carbonyl (C=O) groups is 2. The fraction of sp³-hybridized carbons (Fsp3) is 0.182. The third kappa shape index (κ3) is 5.74. The quantitative estimate of drug-likeness (QED) is 0.526. The molecule has 0 aromatic heterocycles. The van der Waals surface area contributed by atoms with Gasteiger partial charge >= 0.3 is 0 Å². The lowest BCUT2D eigenvalue weighted by Gasteiger charge is -2.07. The molecule has 2 aromatic rings. The van der Waals surface area contributed by atoms with Crippen molar-refractivity contribution >= 4 is 23.7 Å². The number of carbonyl (C=O) groups excluding carboxylic acids is 2. The highest BCUT2D eigenvalue weighted by molar-refractivity contribution is 6.10. The molecule has 0 aliphatic rings. The lowest BCUT2D eigenvalue weighted by atomic mass is 10.1. The number of rotatable bonds is 9. The molecule has 28 heavy (non-hydrogen) atoms. The summed E-state index contributed by atoms with van der Waals surface area (Å²) in [5.74, 6) is 0.350. The number of benzene rings is 2. The van der Waals surface area contributed by atoms with Crippen molar-refractivity contribution in [1.82, 2.24) is 0 Å². The summed E-state index contributed by atoms with van der Waals surface area (Å²) < 4.78 is 23.4. The zero-order valence-electron chi connectivity index (χ0n) is 16.9. The molecular formula is C22H22O6. The molecule has 0 fully saturated rings. The largest absolute Gasteiger partial charge is 0.504 e. The van der Waals surface area contributed by atoms with Gasteiger partial charge < -0.3 is 19.3 Å².